The van der Waals surface area contributed by atoms with Gasteiger partial charge in [0.15, 0.2) is 5.16 Å². The summed E-state index contributed by atoms with van der Waals surface area (Å²) in [6, 6.07) is 4.26. The highest BCUT2D eigenvalue weighted by atomic mass is 32.2. The second-order valence-corrected chi connectivity index (χ2v) is 9.80. The number of carbonyl (C=O) groups is 1. The van der Waals surface area contributed by atoms with E-state index in [-0.39, 0.29) is 23.6 Å². The van der Waals surface area contributed by atoms with Crippen LogP contribution in [0.25, 0.3) is 0 Å². The molecule has 33 heavy (non-hydrogen) atoms. The zero-order valence-corrected chi connectivity index (χ0v) is 19.2. The molecule has 1 aromatic heterocycles. The normalized spacial score (nSPS) is 24.8. The third-order valence-corrected chi connectivity index (χ3v) is 7.78. The van der Waals surface area contributed by atoms with Crippen molar-refractivity contribution in [3.05, 3.63) is 47.8 Å². The highest BCUT2D eigenvalue weighted by Crippen LogP contribution is 2.37. The van der Waals surface area contributed by atoms with Gasteiger partial charge in [0.2, 0.25) is 0 Å². The molecular formula is C23H26F2N6OS. The first kappa shape index (κ1) is 22.2. The van der Waals surface area contributed by atoms with Crippen molar-refractivity contribution in [1.82, 2.24) is 19.7 Å². The molecule has 2 aromatic rings. The number of aromatic nitrogens is 3. The Balaban J connectivity index is 1.12. The largest absolute Gasteiger partial charge is 0.362 e. The van der Waals surface area contributed by atoms with Crippen molar-refractivity contribution < 1.29 is 13.6 Å². The Labute approximate surface area is 195 Å². The van der Waals surface area contributed by atoms with E-state index in [1.54, 1.807) is 24.1 Å². The molecule has 0 saturated carbocycles. The van der Waals surface area contributed by atoms with Crippen LogP contribution in [0.1, 0.15) is 24.6 Å². The molecule has 10 heteroatoms. The number of amides is 1. The number of rotatable bonds is 7. The van der Waals surface area contributed by atoms with Gasteiger partial charge in [-0.15, -0.1) is 10.2 Å². The number of aliphatic imine (C=N–C) groups is 1. The number of thioether (sulfide) groups is 1. The number of nitrogens with zero attached hydrogens (tertiary/aromatic N) is 6. The number of dihydropyridines is 1. The predicted octanol–water partition coefficient (Wildman–Crippen LogP) is 3.04. The van der Waals surface area contributed by atoms with Crippen LogP contribution in [0, 0.1) is 17.6 Å². The zero-order chi connectivity index (χ0) is 22.9. The van der Waals surface area contributed by atoms with Crippen molar-refractivity contribution in [1.29, 1.82) is 0 Å². The monoisotopic (exact) mass is 472 g/mol. The highest BCUT2D eigenvalue weighted by Gasteiger charge is 2.42. The van der Waals surface area contributed by atoms with E-state index in [2.05, 4.69) is 20.1 Å². The lowest BCUT2D eigenvalue weighted by Crippen LogP contribution is -2.36. The second-order valence-electron chi connectivity index (χ2n) is 8.74. The Hall–Kier alpha value is -2.59. The summed E-state index contributed by atoms with van der Waals surface area (Å²) < 4.78 is 30.5. The Morgan fingerprint density at radius 2 is 2.00 bits per heavy atom. The molecule has 0 bridgehead atoms. The van der Waals surface area contributed by atoms with Gasteiger partial charge >= 0.3 is 0 Å². The molecule has 0 spiro atoms. The number of anilines is 1. The SMILES string of the molecule is Cn1c(SCCCN2CC3CCN(c4c(F)cccc4F)C3C2)nnc1C1C=CC(=O)N=C1. The molecule has 7 nitrogen and oxygen atoms in total. The van der Waals surface area contributed by atoms with Gasteiger partial charge in [0.25, 0.3) is 5.91 Å². The van der Waals surface area contributed by atoms with Crippen molar-refractivity contribution in [2.45, 2.75) is 30.0 Å². The topological polar surface area (TPSA) is 66.6 Å². The van der Waals surface area contributed by atoms with E-state index >= 15 is 0 Å². The maximum Gasteiger partial charge on any atom is 0.269 e. The van der Waals surface area contributed by atoms with E-state index < -0.39 is 11.6 Å². The number of hydrogen-bond acceptors (Lipinski definition) is 6. The third-order valence-electron chi connectivity index (χ3n) is 6.67. The van der Waals surface area contributed by atoms with E-state index in [1.807, 2.05) is 16.5 Å². The summed E-state index contributed by atoms with van der Waals surface area (Å²) in [7, 11) is 1.92. The van der Waals surface area contributed by atoms with E-state index in [9.17, 15) is 13.6 Å². The van der Waals surface area contributed by atoms with Crippen LogP contribution >= 0.6 is 11.8 Å². The minimum Gasteiger partial charge on any atom is -0.362 e. The van der Waals surface area contributed by atoms with Crippen molar-refractivity contribution >= 4 is 29.6 Å². The summed E-state index contributed by atoms with van der Waals surface area (Å²) in [4.78, 5) is 19.4. The van der Waals surface area contributed by atoms with Crippen LogP contribution < -0.4 is 4.90 Å². The Morgan fingerprint density at radius 1 is 1.18 bits per heavy atom. The average Bonchev–Trinajstić information content (AvgIpc) is 3.47. The Kier molecular flexibility index (Phi) is 6.29. The van der Waals surface area contributed by atoms with Gasteiger partial charge < -0.3 is 14.4 Å². The van der Waals surface area contributed by atoms with Gasteiger partial charge in [0.05, 0.1) is 5.92 Å². The number of carbonyl (C=O) groups excluding carboxylic acids is 1. The smallest absolute Gasteiger partial charge is 0.269 e. The van der Waals surface area contributed by atoms with Crippen molar-refractivity contribution in [2.75, 3.05) is 36.8 Å². The molecule has 3 aliphatic rings. The van der Waals surface area contributed by atoms with Crippen molar-refractivity contribution in [2.24, 2.45) is 18.0 Å². The van der Waals surface area contributed by atoms with Crippen LogP contribution in [0.2, 0.25) is 0 Å². The molecule has 1 aromatic carbocycles. The first-order chi connectivity index (χ1) is 16.0. The third kappa shape index (κ3) is 4.46. The van der Waals surface area contributed by atoms with E-state index in [0.717, 1.165) is 49.2 Å². The lowest BCUT2D eigenvalue weighted by atomic mass is 10.0. The summed E-state index contributed by atoms with van der Waals surface area (Å²) in [5, 5.41) is 9.40. The first-order valence-electron chi connectivity index (χ1n) is 11.2. The number of halogens is 2. The van der Waals surface area contributed by atoms with Crippen LogP contribution in [0.4, 0.5) is 14.5 Å². The van der Waals surface area contributed by atoms with Crippen molar-refractivity contribution in [3.63, 3.8) is 0 Å². The van der Waals surface area contributed by atoms with Gasteiger partial charge in [0, 0.05) is 50.8 Å². The zero-order valence-electron chi connectivity index (χ0n) is 18.4. The molecule has 2 saturated heterocycles. The maximum atomic E-state index is 14.3. The first-order valence-corrected chi connectivity index (χ1v) is 12.2. The van der Waals surface area contributed by atoms with Gasteiger partial charge in [0.1, 0.15) is 23.1 Å². The number of benzene rings is 1. The van der Waals surface area contributed by atoms with Crippen LogP contribution in [-0.2, 0) is 11.8 Å². The summed E-state index contributed by atoms with van der Waals surface area (Å²) in [6.07, 6.45) is 6.80. The summed E-state index contributed by atoms with van der Waals surface area (Å²) in [6.45, 7) is 3.46. The minimum absolute atomic E-state index is 0.128. The number of likely N-dealkylation sites (tertiary alicyclic amines) is 1. The molecule has 0 aliphatic carbocycles. The highest BCUT2D eigenvalue weighted by molar-refractivity contribution is 7.99. The Morgan fingerprint density at radius 3 is 2.76 bits per heavy atom. The van der Waals surface area contributed by atoms with E-state index in [0.29, 0.717) is 12.5 Å². The van der Waals surface area contributed by atoms with E-state index in [4.69, 9.17) is 0 Å². The molecule has 3 unspecified atom stereocenters. The molecule has 1 amide bonds. The van der Waals surface area contributed by atoms with Gasteiger partial charge in [-0.1, -0.05) is 23.9 Å². The minimum atomic E-state index is -0.477. The fraction of sp³-hybridized carbons (Fsp3) is 0.478. The number of fused-ring (bicyclic) bond motifs is 1. The summed E-state index contributed by atoms with van der Waals surface area (Å²) in [5.74, 6) is 0.770. The quantitative estimate of drug-likeness (QED) is 0.456. The summed E-state index contributed by atoms with van der Waals surface area (Å²) >= 11 is 1.66. The van der Waals surface area contributed by atoms with Gasteiger partial charge in [-0.25, -0.2) is 13.8 Å². The number of allylic oxidation sites excluding steroid dienone is 1. The van der Waals surface area contributed by atoms with Crippen molar-refractivity contribution in [3.8, 4) is 0 Å². The fourth-order valence-electron chi connectivity index (χ4n) is 5.05. The lowest BCUT2D eigenvalue weighted by Gasteiger charge is -2.27. The van der Waals surface area contributed by atoms with Crippen LogP contribution in [0.5, 0.6) is 0 Å². The molecular weight excluding hydrogens is 446 g/mol. The molecule has 4 heterocycles. The van der Waals surface area contributed by atoms with Gasteiger partial charge in [-0.05, 0) is 37.4 Å². The van der Waals surface area contributed by atoms with Crippen LogP contribution in [0.3, 0.4) is 0 Å². The predicted molar refractivity (Wildman–Crippen MR) is 124 cm³/mol. The van der Waals surface area contributed by atoms with Crippen LogP contribution in [-0.4, -0.2) is 69.8 Å². The molecule has 174 valence electrons. The molecule has 0 radical (unpaired) electrons. The number of para-hydroxylation sites is 1. The second kappa shape index (κ2) is 9.34. The van der Waals surface area contributed by atoms with Gasteiger partial charge in [-0.3, -0.25) is 4.79 Å². The van der Waals surface area contributed by atoms with E-state index in [1.165, 1.54) is 24.3 Å². The van der Waals surface area contributed by atoms with Gasteiger partial charge in [-0.2, -0.15) is 0 Å². The Bertz CT molecular complexity index is 1070. The fourth-order valence-corrected chi connectivity index (χ4v) is 5.89. The molecule has 5 rings (SSSR count). The molecule has 3 atom stereocenters. The standard InChI is InChI=1S/C23H26F2N6OS/c1-29-22(15-6-7-20(32)26-12-15)27-28-23(29)33-11-3-9-30-13-16-8-10-31(19(16)14-30)21-17(24)4-2-5-18(21)25/h2,4-7,12,15-16,19H,3,8-11,13-14H2,1H3. The maximum absolute atomic E-state index is 14.3. The molecule has 2 fully saturated rings. The molecule has 0 N–H and O–H groups in total. The number of hydrogen-bond donors (Lipinski definition) is 0. The van der Waals surface area contributed by atoms with Crippen LogP contribution in [0.15, 0.2) is 40.5 Å². The average molecular weight is 473 g/mol. The summed E-state index contributed by atoms with van der Waals surface area (Å²) in [5.41, 5.74) is 0.128. The lowest BCUT2D eigenvalue weighted by molar-refractivity contribution is -0.113. The molecule has 3 aliphatic heterocycles.